The second-order valence-corrected chi connectivity index (χ2v) is 5.95. The summed E-state index contributed by atoms with van der Waals surface area (Å²) in [5.74, 6) is 0.124. The number of fused-ring (bicyclic) bond motifs is 1. The zero-order valence-corrected chi connectivity index (χ0v) is 12.1. The van der Waals surface area contributed by atoms with Crippen molar-refractivity contribution in [3.05, 3.63) is 35.4 Å². The monoisotopic (exact) mass is 260 g/mol. The molecule has 1 aromatic carbocycles. The van der Waals surface area contributed by atoms with Crippen LogP contribution >= 0.6 is 0 Å². The Kier molecular flexibility index (Phi) is 4.25. The van der Waals surface area contributed by atoms with Gasteiger partial charge in [0.05, 0.1) is 0 Å². The lowest BCUT2D eigenvalue weighted by atomic mass is 9.85. The summed E-state index contributed by atoms with van der Waals surface area (Å²) in [5.41, 5.74) is 3.04. The fourth-order valence-electron chi connectivity index (χ4n) is 2.99. The van der Waals surface area contributed by atoms with Gasteiger partial charge >= 0.3 is 0 Å². The van der Waals surface area contributed by atoms with Crippen LogP contribution < -0.4 is 10.6 Å². The maximum absolute atomic E-state index is 11.5. The molecule has 0 spiro atoms. The molecule has 0 saturated heterocycles. The first-order valence-corrected chi connectivity index (χ1v) is 7.12. The maximum Gasteiger partial charge on any atom is 0.221 e. The topological polar surface area (TPSA) is 41.1 Å². The Bertz CT molecular complexity index is 454. The summed E-state index contributed by atoms with van der Waals surface area (Å²) in [5, 5.41) is 6.39. The molecule has 0 fully saturated rings. The van der Waals surface area contributed by atoms with Crippen molar-refractivity contribution in [3.8, 4) is 0 Å². The zero-order chi connectivity index (χ0) is 13.9. The Balaban J connectivity index is 1.97. The summed E-state index contributed by atoms with van der Waals surface area (Å²) in [6.07, 6.45) is 1.64. The van der Waals surface area contributed by atoms with Crippen LogP contribution in [0.3, 0.4) is 0 Å². The molecule has 1 atom stereocenters. The van der Waals surface area contributed by atoms with Crippen molar-refractivity contribution in [1.82, 2.24) is 10.6 Å². The van der Waals surface area contributed by atoms with Crippen molar-refractivity contribution in [2.45, 2.75) is 39.7 Å². The first-order chi connectivity index (χ1) is 9.04. The van der Waals surface area contributed by atoms with Crippen molar-refractivity contribution in [2.75, 3.05) is 13.1 Å². The van der Waals surface area contributed by atoms with Crippen LogP contribution in [0.1, 0.15) is 44.4 Å². The molecule has 0 saturated carbocycles. The highest BCUT2D eigenvalue weighted by Crippen LogP contribution is 2.44. The average molecular weight is 260 g/mol. The van der Waals surface area contributed by atoms with E-state index in [9.17, 15) is 4.79 Å². The fraction of sp³-hybridized carbons (Fsp3) is 0.562. The molecule has 0 aliphatic heterocycles. The van der Waals surface area contributed by atoms with Gasteiger partial charge in [0.25, 0.3) is 0 Å². The molecule has 0 heterocycles. The van der Waals surface area contributed by atoms with E-state index >= 15 is 0 Å². The molecule has 19 heavy (non-hydrogen) atoms. The highest BCUT2D eigenvalue weighted by atomic mass is 16.1. The average Bonchev–Trinajstić information content (AvgIpc) is 2.60. The minimum absolute atomic E-state index is 0.124. The molecule has 0 aromatic heterocycles. The normalized spacial score (nSPS) is 20.1. The molecule has 2 rings (SSSR count). The van der Waals surface area contributed by atoms with Crippen LogP contribution in [0.15, 0.2) is 24.3 Å². The first kappa shape index (κ1) is 14.1. The van der Waals surface area contributed by atoms with E-state index in [-0.39, 0.29) is 11.3 Å². The van der Waals surface area contributed by atoms with E-state index < -0.39 is 0 Å². The molecule has 0 radical (unpaired) electrons. The Morgan fingerprint density at radius 3 is 2.84 bits per heavy atom. The smallest absolute Gasteiger partial charge is 0.221 e. The van der Waals surface area contributed by atoms with Crippen LogP contribution in [0.2, 0.25) is 0 Å². The van der Waals surface area contributed by atoms with Crippen LogP contribution in [-0.4, -0.2) is 19.0 Å². The minimum atomic E-state index is 0.124. The Morgan fingerprint density at radius 2 is 2.11 bits per heavy atom. The summed E-state index contributed by atoms with van der Waals surface area (Å²) in [4.78, 5) is 11.5. The minimum Gasteiger partial charge on any atom is -0.356 e. The molecule has 0 bridgehead atoms. The van der Waals surface area contributed by atoms with E-state index in [1.54, 1.807) is 0 Å². The van der Waals surface area contributed by atoms with Gasteiger partial charge in [0, 0.05) is 25.6 Å². The third-order valence-electron chi connectivity index (χ3n) is 3.87. The van der Waals surface area contributed by atoms with Crippen LogP contribution in [0.5, 0.6) is 0 Å². The molecule has 3 heteroatoms. The van der Waals surface area contributed by atoms with Gasteiger partial charge in [-0.3, -0.25) is 4.79 Å². The zero-order valence-electron chi connectivity index (χ0n) is 12.1. The van der Waals surface area contributed by atoms with E-state index in [0.717, 1.165) is 13.0 Å². The number of hydrogen-bond donors (Lipinski definition) is 2. The number of rotatable bonds is 5. The van der Waals surface area contributed by atoms with Crippen molar-refractivity contribution in [1.29, 1.82) is 0 Å². The summed E-state index contributed by atoms with van der Waals surface area (Å²) in [7, 11) is 0. The molecule has 104 valence electrons. The van der Waals surface area contributed by atoms with E-state index in [1.807, 2.05) is 6.92 Å². The van der Waals surface area contributed by atoms with Crippen LogP contribution in [0, 0.1) is 5.41 Å². The SMILES string of the molecule is CCNC(=O)CCNC1c2ccccc2CC1(C)C. The third kappa shape index (κ3) is 3.16. The van der Waals surface area contributed by atoms with Crippen molar-refractivity contribution < 1.29 is 4.79 Å². The lowest BCUT2D eigenvalue weighted by molar-refractivity contribution is -0.120. The Labute approximate surface area is 115 Å². The van der Waals surface area contributed by atoms with Crippen LogP contribution in [-0.2, 0) is 11.2 Å². The van der Waals surface area contributed by atoms with Gasteiger partial charge in [-0.2, -0.15) is 0 Å². The number of carbonyl (C=O) groups excluding carboxylic acids is 1. The van der Waals surface area contributed by atoms with Crippen LogP contribution in [0.25, 0.3) is 0 Å². The molecule has 1 aromatic rings. The van der Waals surface area contributed by atoms with E-state index in [0.29, 0.717) is 19.0 Å². The van der Waals surface area contributed by atoms with Gasteiger partial charge in [0.1, 0.15) is 0 Å². The highest BCUT2D eigenvalue weighted by Gasteiger charge is 2.38. The van der Waals surface area contributed by atoms with Crippen molar-refractivity contribution in [2.24, 2.45) is 5.41 Å². The predicted octanol–water partition coefficient (Wildman–Crippen LogP) is 2.43. The summed E-state index contributed by atoms with van der Waals surface area (Å²) in [6, 6.07) is 8.96. The van der Waals surface area contributed by atoms with E-state index in [2.05, 4.69) is 48.7 Å². The van der Waals surface area contributed by atoms with Gasteiger partial charge in [0.15, 0.2) is 0 Å². The second-order valence-electron chi connectivity index (χ2n) is 5.95. The molecule has 3 nitrogen and oxygen atoms in total. The third-order valence-corrected chi connectivity index (χ3v) is 3.87. The number of carbonyl (C=O) groups is 1. The number of nitrogens with one attached hydrogen (secondary N) is 2. The Hall–Kier alpha value is -1.35. The predicted molar refractivity (Wildman–Crippen MR) is 78.0 cm³/mol. The largest absolute Gasteiger partial charge is 0.356 e. The quantitative estimate of drug-likeness (QED) is 0.853. The molecular formula is C16H24N2O. The van der Waals surface area contributed by atoms with Gasteiger partial charge in [-0.25, -0.2) is 0 Å². The van der Waals surface area contributed by atoms with Gasteiger partial charge in [-0.1, -0.05) is 38.1 Å². The molecule has 2 N–H and O–H groups in total. The van der Waals surface area contributed by atoms with E-state index in [4.69, 9.17) is 0 Å². The highest BCUT2D eigenvalue weighted by molar-refractivity contribution is 5.75. The van der Waals surface area contributed by atoms with Crippen LogP contribution in [0.4, 0.5) is 0 Å². The lowest BCUT2D eigenvalue weighted by Gasteiger charge is -2.28. The van der Waals surface area contributed by atoms with Gasteiger partial charge in [0.2, 0.25) is 5.91 Å². The van der Waals surface area contributed by atoms with Gasteiger partial charge in [-0.15, -0.1) is 0 Å². The lowest BCUT2D eigenvalue weighted by Crippen LogP contribution is -2.34. The molecule has 1 amide bonds. The van der Waals surface area contributed by atoms with Gasteiger partial charge in [-0.05, 0) is 29.9 Å². The second kappa shape index (κ2) is 5.74. The summed E-state index contributed by atoms with van der Waals surface area (Å²) >= 11 is 0. The molecule has 1 aliphatic rings. The number of amides is 1. The van der Waals surface area contributed by atoms with Crippen molar-refractivity contribution >= 4 is 5.91 Å². The standard InChI is InChI=1S/C16H24N2O/c1-4-17-14(19)9-10-18-15-13-8-6-5-7-12(13)11-16(15,2)3/h5-8,15,18H,4,9-11H2,1-3H3,(H,17,19). The fourth-order valence-corrected chi connectivity index (χ4v) is 2.99. The molecular weight excluding hydrogens is 236 g/mol. The first-order valence-electron chi connectivity index (χ1n) is 7.12. The summed E-state index contributed by atoms with van der Waals surface area (Å²) in [6.45, 7) is 7.96. The molecule has 1 unspecified atom stereocenters. The van der Waals surface area contributed by atoms with E-state index in [1.165, 1.54) is 11.1 Å². The summed E-state index contributed by atoms with van der Waals surface area (Å²) < 4.78 is 0. The number of hydrogen-bond acceptors (Lipinski definition) is 2. The Morgan fingerprint density at radius 1 is 1.37 bits per heavy atom. The maximum atomic E-state index is 11.5. The molecule has 1 aliphatic carbocycles. The van der Waals surface area contributed by atoms with Crippen molar-refractivity contribution in [3.63, 3.8) is 0 Å². The van der Waals surface area contributed by atoms with Gasteiger partial charge < -0.3 is 10.6 Å². The number of benzene rings is 1.